The molecule has 0 amide bonds. The van der Waals surface area contributed by atoms with Crippen molar-refractivity contribution in [2.24, 2.45) is 5.73 Å². The topological polar surface area (TPSA) is 43.1 Å². The summed E-state index contributed by atoms with van der Waals surface area (Å²) in [6.07, 6.45) is 0.720. The van der Waals surface area contributed by atoms with Crippen LogP contribution >= 0.6 is 11.6 Å². The monoisotopic (exact) mass is 273 g/mol. The zero-order valence-corrected chi connectivity index (χ0v) is 11.3. The Hall–Kier alpha value is -1.64. The van der Waals surface area contributed by atoms with Crippen molar-refractivity contribution in [1.29, 1.82) is 0 Å². The van der Waals surface area contributed by atoms with Crippen LogP contribution in [-0.4, -0.2) is 5.78 Å². The lowest BCUT2D eigenvalue weighted by Crippen LogP contribution is -2.16. The minimum absolute atomic E-state index is 0.124. The first-order valence-electron chi connectivity index (χ1n) is 6.22. The van der Waals surface area contributed by atoms with Crippen LogP contribution in [0.4, 0.5) is 0 Å². The molecule has 98 valence electrons. The van der Waals surface area contributed by atoms with E-state index in [1.54, 1.807) is 6.07 Å². The van der Waals surface area contributed by atoms with Gasteiger partial charge in [0.25, 0.3) is 0 Å². The minimum Gasteiger partial charge on any atom is -0.324 e. The van der Waals surface area contributed by atoms with Crippen LogP contribution in [0.15, 0.2) is 54.6 Å². The zero-order valence-electron chi connectivity index (χ0n) is 10.6. The zero-order chi connectivity index (χ0) is 13.7. The molecule has 2 N–H and O–H groups in total. The molecule has 0 aliphatic rings. The Morgan fingerprint density at radius 1 is 1.11 bits per heavy atom. The minimum atomic E-state index is -0.243. The molecule has 0 spiro atoms. The number of hydrogen-bond donors (Lipinski definition) is 1. The van der Waals surface area contributed by atoms with Gasteiger partial charge in [-0.3, -0.25) is 4.79 Å². The summed E-state index contributed by atoms with van der Waals surface area (Å²) in [6.45, 7) is 0. The molecule has 1 atom stereocenters. The van der Waals surface area contributed by atoms with Crippen molar-refractivity contribution in [2.45, 2.75) is 18.9 Å². The van der Waals surface area contributed by atoms with Gasteiger partial charge in [0.1, 0.15) is 5.78 Å². The predicted molar refractivity (Wildman–Crippen MR) is 78.2 cm³/mol. The van der Waals surface area contributed by atoms with Gasteiger partial charge in [-0.1, -0.05) is 54.1 Å². The van der Waals surface area contributed by atoms with Gasteiger partial charge in [0, 0.05) is 23.9 Å². The molecule has 3 heteroatoms. The lowest BCUT2D eigenvalue weighted by Gasteiger charge is -2.11. The largest absolute Gasteiger partial charge is 0.324 e. The highest BCUT2D eigenvalue weighted by molar-refractivity contribution is 6.30. The van der Waals surface area contributed by atoms with Gasteiger partial charge >= 0.3 is 0 Å². The molecule has 1 unspecified atom stereocenters. The van der Waals surface area contributed by atoms with Gasteiger partial charge in [-0.05, 0) is 23.3 Å². The summed E-state index contributed by atoms with van der Waals surface area (Å²) in [4.78, 5) is 12.0. The van der Waals surface area contributed by atoms with Crippen LogP contribution in [0, 0.1) is 0 Å². The van der Waals surface area contributed by atoms with Crippen LogP contribution in [0.2, 0.25) is 5.02 Å². The third-order valence-electron chi connectivity index (χ3n) is 2.97. The summed E-state index contributed by atoms with van der Waals surface area (Å²) in [5, 5.41) is 0.651. The van der Waals surface area contributed by atoms with Gasteiger partial charge in [-0.25, -0.2) is 0 Å². The maximum absolute atomic E-state index is 12.0. The van der Waals surface area contributed by atoms with E-state index in [9.17, 15) is 4.79 Å². The summed E-state index contributed by atoms with van der Waals surface area (Å²) in [5.74, 6) is 0.124. The number of benzene rings is 2. The van der Waals surface area contributed by atoms with Gasteiger partial charge in [0.05, 0.1) is 0 Å². The van der Waals surface area contributed by atoms with Crippen LogP contribution in [0.3, 0.4) is 0 Å². The Balaban J connectivity index is 1.95. The average Bonchev–Trinajstić information content (AvgIpc) is 2.39. The summed E-state index contributed by atoms with van der Waals surface area (Å²) in [5.41, 5.74) is 7.95. The van der Waals surface area contributed by atoms with Gasteiger partial charge < -0.3 is 5.73 Å². The second-order valence-corrected chi connectivity index (χ2v) is 5.00. The highest BCUT2D eigenvalue weighted by atomic mass is 35.5. The summed E-state index contributed by atoms with van der Waals surface area (Å²) >= 11 is 5.89. The fourth-order valence-corrected chi connectivity index (χ4v) is 2.22. The summed E-state index contributed by atoms with van der Waals surface area (Å²) < 4.78 is 0. The van der Waals surface area contributed by atoms with Crippen molar-refractivity contribution in [1.82, 2.24) is 0 Å². The first-order chi connectivity index (χ1) is 9.15. The van der Waals surface area contributed by atoms with E-state index in [0.29, 0.717) is 17.9 Å². The first-order valence-corrected chi connectivity index (χ1v) is 6.59. The van der Waals surface area contributed by atoms with Crippen LogP contribution in [-0.2, 0) is 11.2 Å². The van der Waals surface area contributed by atoms with Crippen LogP contribution in [0.25, 0.3) is 0 Å². The Labute approximate surface area is 118 Å². The SMILES string of the molecule is NC(CC(=O)Cc1cccc(Cl)c1)c1ccccc1. The molecule has 0 saturated heterocycles. The second kappa shape index (κ2) is 6.50. The predicted octanol–water partition coefficient (Wildman–Crippen LogP) is 3.54. The molecular formula is C16H16ClNO. The number of ketones is 1. The lowest BCUT2D eigenvalue weighted by atomic mass is 9.99. The van der Waals surface area contributed by atoms with Crippen molar-refractivity contribution in [3.8, 4) is 0 Å². The smallest absolute Gasteiger partial charge is 0.139 e. The quantitative estimate of drug-likeness (QED) is 0.905. The third kappa shape index (κ3) is 4.19. The Bertz CT molecular complexity index is 554. The molecule has 0 aromatic heterocycles. The maximum Gasteiger partial charge on any atom is 0.139 e. The van der Waals surface area contributed by atoms with E-state index in [1.165, 1.54) is 0 Å². The molecule has 2 nitrogen and oxygen atoms in total. The van der Waals surface area contributed by atoms with E-state index in [4.69, 9.17) is 17.3 Å². The fraction of sp³-hybridized carbons (Fsp3) is 0.188. The molecule has 2 rings (SSSR count). The number of rotatable bonds is 5. The van der Waals surface area contributed by atoms with E-state index in [2.05, 4.69) is 0 Å². The Kier molecular flexibility index (Phi) is 4.72. The number of nitrogens with two attached hydrogens (primary N) is 1. The molecule has 0 saturated carbocycles. The van der Waals surface area contributed by atoms with Crippen molar-refractivity contribution in [3.05, 3.63) is 70.7 Å². The van der Waals surface area contributed by atoms with E-state index in [1.807, 2.05) is 48.5 Å². The van der Waals surface area contributed by atoms with Gasteiger partial charge in [0.15, 0.2) is 0 Å². The molecule has 2 aromatic rings. The summed E-state index contributed by atoms with van der Waals surface area (Å²) in [7, 11) is 0. The maximum atomic E-state index is 12.0. The second-order valence-electron chi connectivity index (χ2n) is 4.57. The van der Waals surface area contributed by atoms with E-state index >= 15 is 0 Å². The molecule has 0 radical (unpaired) electrons. The molecular weight excluding hydrogens is 258 g/mol. The third-order valence-corrected chi connectivity index (χ3v) is 3.20. The Morgan fingerprint density at radius 2 is 1.84 bits per heavy atom. The highest BCUT2D eigenvalue weighted by Gasteiger charge is 2.12. The van der Waals surface area contributed by atoms with Crippen molar-refractivity contribution in [2.75, 3.05) is 0 Å². The number of carbonyl (C=O) groups is 1. The first kappa shape index (κ1) is 13.8. The molecule has 0 aliphatic carbocycles. The van der Waals surface area contributed by atoms with Crippen LogP contribution < -0.4 is 5.73 Å². The number of hydrogen-bond acceptors (Lipinski definition) is 2. The number of Topliss-reactive ketones (excluding diaryl/α,β-unsaturated/α-hetero) is 1. The van der Waals surface area contributed by atoms with Gasteiger partial charge in [0.2, 0.25) is 0 Å². The molecule has 2 aromatic carbocycles. The van der Waals surface area contributed by atoms with Crippen molar-refractivity contribution >= 4 is 17.4 Å². The lowest BCUT2D eigenvalue weighted by molar-refractivity contribution is -0.118. The van der Waals surface area contributed by atoms with E-state index in [-0.39, 0.29) is 11.8 Å². The summed E-state index contributed by atoms with van der Waals surface area (Å²) in [6, 6.07) is 16.8. The van der Waals surface area contributed by atoms with E-state index in [0.717, 1.165) is 11.1 Å². The van der Waals surface area contributed by atoms with Gasteiger partial charge in [-0.15, -0.1) is 0 Å². The van der Waals surface area contributed by atoms with Gasteiger partial charge in [-0.2, -0.15) is 0 Å². The molecule has 0 fully saturated rings. The van der Waals surface area contributed by atoms with Crippen LogP contribution in [0.1, 0.15) is 23.6 Å². The number of halogens is 1. The normalized spacial score (nSPS) is 12.1. The number of carbonyl (C=O) groups excluding carboxylic acids is 1. The highest BCUT2D eigenvalue weighted by Crippen LogP contribution is 2.16. The molecule has 0 aliphatic heterocycles. The van der Waals surface area contributed by atoms with Crippen molar-refractivity contribution in [3.63, 3.8) is 0 Å². The Morgan fingerprint density at radius 3 is 2.53 bits per heavy atom. The standard InChI is InChI=1S/C16H16ClNO/c17-14-8-4-5-12(9-14)10-15(19)11-16(18)13-6-2-1-3-7-13/h1-9,16H,10-11,18H2. The molecule has 19 heavy (non-hydrogen) atoms. The molecule has 0 bridgehead atoms. The average molecular weight is 274 g/mol. The van der Waals surface area contributed by atoms with Crippen molar-refractivity contribution < 1.29 is 4.79 Å². The van der Waals surface area contributed by atoms with E-state index < -0.39 is 0 Å². The molecule has 0 heterocycles. The fourth-order valence-electron chi connectivity index (χ4n) is 2.01. The van der Waals surface area contributed by atoms with Crippen LogP contribution in [0.5, 0.6) is 0 Å².